The van der Waals surface area contributed by atoms with E-state index < -0.39 is 11.9 Å². The van der Waals surface area contributed by atoms with Crippen LogP contribution in [0, 0.1) is 6.92 Å². The Morgan fingerprint density at radius 3 is 2.64 bits per heavy atom. The number of nitrogens with zero attached hydrogens (tertiary/aromatic N) is 2. The predicted octanol–water partition coefficient (Wildman–Crippen LogP) is 4.79. The largest absolute Gasteiger partial charge is 0.478 e. The zero-order chi connectivity index (χ0) is 20.1. The summed E-state index contributed by atoms with van der Waals surface area (Å²) in [5.74, 6) is -0.827. The number of nitrogens with one attached hydrogen (secondary N) is 1. The molecular weight excluding hydrogens is 442 g/mol. The van der Waals surface area contributed by atoms with Gasteiger partial charge in [0, 0.05) is 17.6 Å². The van der Waals surface area contributed by atoms with Gasteiger partial charge < -0.3 is 10.4 Å². The number of carbonyl (C=O) groups is 2. The van der Waals surface area contributed by atoms with E-state index in [0.29, 0.717) is 21.1 Å². The first-order valence-corrected chi connectivity index (χ1v) is 10.1. The van der Waals surface area contributed by atoms with Crippen molar-refractivity contribution in [3.05, 3.63) is 81.6 Å². The lowest BCUT2D eigenvalue weighted by Gasteiger charge is -2.08. The SMILES string of the molecule is Cc1ccc(CSc2ncc(Br)c(C(=O)Nc3cccc(C(=O)O)c3)n2)cc1. The van der Waals surface area contributed by atoms with Crippen molar-refractivity contribution >= 4 is 45.3 Å². The van der Waals surface area contributed by atoms with Crippen LogP contribution in [0.1, 0.15) is 32.0 Å². The number of hydrogen-bond acceptors (Lipinski definition) is 5. The first-order chi connectivity index (χ1) is 13.4. The minimum atomic E-state index is -1.06. The number of aryl methyl sites for hydroxylation is 1. The average molecular weight is 458 g/mol. The van der Waals surface area contributed by atoms with Crippen LogP contribution >= 0.6 is 27.7 Å². The first kappa shape index (κ1) is 20.0. The zero-order valence-electron chi connectivity index (χ0n) is 14.8. The topological polar surface area (TPSA) is 92.2 Å². The third-order valence-corrected chi connectivity index (χ3v) is 5.31. The number of rotatable bonds is 6. The first-order valence-electron chi connectivity index (χ1n) is 8.28. The zero-order valence-corrected chi connectivity index (χ0v) is 17.3. The van der Waals surface area contributed by atoms with Gasteiger partial charge in [-0.3, -0.25) is 4.79 Å². The van der Waals surface area contributed by atoms with Crippen LogP contribution in [0.15, 0.2) is 64.4 Å². The monoisotopic (exact) mass is 457 g/mol. The maximum absolute atomic E-state index is 12.6. The van der Waals surface area contributed by atoms with E-state index in [9.17, 15) is 9.59 Å². The average Bonchev–Trinajstić information content (AvgIpc) is 2.68. The molecule has 2 aromatic carbocycles. The van der Waals surface area contributed by atoms with Crippen LogP contribution in [0.3, 0.4) is 0 Å². The summed E-state index contributed by atoms with van der Waals surface area (Å²) >= 11 is 4.73. The highest BCUT2D eigenvalue weighted by Crippen LogP contribution is 2.23. The van der Waals surface area contributed by atoms with E-state index in [2.05, 4.69) is 31.2 Å². The van der Waals surface area contributed by atoms with Crippen LogP contribution in [-0.4, -0.2) is 27.0 Å². The van der Waals surface area contributed by atoms with Crippen molar-refractivity contribution in [2.45, 2.75) is 17.8 Å². The Morgan fingerprint density at radius 2 is 1.93 bits per heavy atom. The number of halogens is 1. The van der Waals surface area contributed by atoms with Gasteiger partial charge in [-0.15, -0.1) is 0 Å². The molecule has 0 fully saturated rings. The second-order valence-electron chi connectivity index (χ2n) is 5.96. The van der Waals surface area contributed by atoms with Crippen LogP contribution in [0.5, 0.6) is 0 Å². The summed E-state index contributed by atoms with van der Waals surface area (Å²) in [5, 5.41) is 12.2. The molecule has 3 rings (SSSR count). The maximum atomic E-state index is 12.6. The van der Waals surface area contributed by atoms with Gasteiger partial charge in [0.15, 0.2) is 5.16 Å². The van der Waals surface area contributed by atoms with E-state index in [1.54, 1.807) is 12.1 Å². The van der Waals surface area contributed by atoms with Gasteiger partial charge in [0.25, 0.3) is 5.91 Å². The molecular formula is C20H16BrN3O3S. The standard InChI is InChI=1S/C20H16BrN3O3S/c1-12-5-7-13(8-6-12)11-28-20-22-10-16(21)17(24-20)18(25)23-15-4-2-3-14(9-15)19(26)27/h2-10H,11H2,1H3,(H,23,25)(H,26,27). The second kappa shape index (κ2) is 8.99. The summed E-state index contributed by atoms with van der Waals surface area (Å²) in [6, 6.07) is 14.2. The quantitative estimate of drug-likeness (QED) is 0.408. The molecule has 0 bridgehead atoms. The number of amides is 1. The van der Waals surface area contributed by atoms with Gasteiger partial charge in [-0.2, -0.15) is 0 Å². The molecule has 1 aromatic heterocycles. The smallest absolute Gasteiger partial charge is 0.335 e. The molecule has 3 aromatic rings. The molecule has 0 atom stereocenters. The third kappa shape index (κ3) is 5.17. The number of anilines is 1. The van der Waals surface area contributed by atoms with Gasteiger partial charge in [0.2, 0.25) is 0 Å². The number of hydrogen-bond donors (Lipinski definition) is 2. The molecule has 0 aliphatic heterocycles. The fourth-order valence-electron chi connectivity index (χ4n) is 2.33. The van der Waals surface area contributed by atoms with Gasteiger partial charge in [-0.25, -0.2) is 14.8 Å². The summed E-state index contributed by atoms with van der Waals surface area (Å²) in [4.78, 5) is 32.2. The molecule has 0 radical (unpaired) electrons. The fraction of sp³-hybridized carbons (Fsp3) is 0.100. The predicted molar refractivity (Wildman–Crippen MR) is 112 cm³/mol. The second-order valence-corrected chi connectivity index (χ2v) is 7.76. The fourth-order valence-corrected chi connectivity index (χ4v) is 3.47. The van der Waals surface area contributed by atoms with E-state index in [1.807, 2.05) is 31.2 Å². The summed E-state index contributed by atoms with van der Waals surface area (Å²) in [6.45, 7) is 2.03. The lowest BCUT2D eigenvalue weighted by molar-refractivity contribution is 0.0696. The molecule has 6 nitrogen and oxygen atoms in total. The van der Waals surface area contributed by atoms with Gasteiger partial charge in [-0.05, 0) is 46.6 Å². The normalized spacial score (nSPS) is 10.5. The van der Waals surface area contributed by atoms with Crippen LogP contribution in [0.4, 0.5) is 5.69 Å². The van der Waals surface area contributed by atoms with Crippen molar-refractivity contribution in [3.63, 3.8) is 0 Å². The molecule has 0 saturated carbocycles. The number of thioether (sulfide) groups is 1. The summed E-state index contributed by atoms with van der Waals surface area (Å²) in [7, 11) is 0. The molecule has 1 heterocycles. The molecule has 0 aliphatic carbocycles. The van der Waals surface area contributed by atoms with Crippen LogP contribution < -0.4 is 5.32 Å². The van der Waals surface area contributed by atoms with Crippen molar-refractivity contribution < 1.29 is 14.7 Å². The van der Waals surface area contributed by atoms with Gasteiger partial charge in [0.05, 0.1) is 10.0 Å². The minimum absolute atomic E-state index is 0.0916. The Balaban J connectivity index is 1.73. The maximum Gasteiger partial charge on any atom is 0.335 e. The van der Waals surface area contributed by atoms with E-state index in [1.165, 1.54) is 35.7 Å². The summed E-state index contributed by atoms with van der Waals surface area (Å²) in [6.07, 6.45) is 1.53. The Morgan fingerprint density at radius 1 is 1.18 bits per heavy atom. The summed E-state index contributed by atoms with van der Waals surface area (Å²) in [5.41, 5.74) is 2.98. The van der Waals surface area contributed by atoms with Crippen molar-refractivity contribution in [1.29, 1.82) is 0 Å². The molecule has 8 heteroatoms. The van der Waals surface area contributed by atoms with Crippen molar-refractivity contribution in [2.24, 2.45) is 0 Å². The van der Waals surface area contributed by atoms with Gasteiger partial charge in [0.1, 0.15) is 5.69 Å². The Bertz CT molecular complexity index is 1030. The molecule has 0 spiro atoms. The van der Waals surface area contributed by atoms with E-state index >= 15 is 0 Å². The van der Waals surface area contributed by atoms with E-state index in [-0.39, 0.29) is 11.3 Å². The number of carboxylic acid groups (broad SMARTS) is 1. The van der Waals surface area contributed by atoms with Crippen LogP contribution in [0.2, 0.25) is 0 Å². The molecule has 142 valence electrons. The Hall–Kier alpha value is -2.71. The van der Waals surface area contributed by atoms with Crippen molar-refractivity contribution in [1.82, 2.24) is 9.97 Å². The van der Waals surface area contributed by atoms with E-state index in [0.717, 1.165) is 5.56 Å². The molecule has 0 aliphatic rings. The number of aromatic nitrogens is 2. The molecule has 0 unspecified atom stereocenters. The van der Waals surface area contributed by atoms with Crippen molar-refractivity contribution in [3.8, 4) is 0 Å². The molecule has 2 N–H and O–H groups in total. The molecule has 0 saturated heterocycles. The Labute approximate surface area is 174 Å². The van der Waals surface area contributed by atoms with Gasteiger partial charge >= 0.3 is 5.97 Å². The number of carbonyl (C=O) groups excluding carboxylic acids is 1. The highest BCUT2D eigenvalue weighted by atomic mass is 79.9. The number of benzene rings is 2. The van der Waals surface area contributed by atoms with Crippen molar-refractivity contribution in [2.75, 3.05) is 5.32 Å². The minimum Gasteiger partial charge on any atom is -0.478 e. The Kier molecular flexibility index (Phi) is 6.43. The van der Waals surface area contributed by atoms with Crippen LogP contribution in [0.25, 0.3) is 0 Å². The summed E-state index contributed by atoms with van der Waals surface area (Å²) < 4.78 is 0.457. The number of carboxylic acids is 1. The highest BCUT2D eigenvalue weighted by Gasteiger charge is 2.15. The molecule has 1 amide bonds. The van der Waals surface area contributed by atoms with E-state index in [4.69, 9.17) is 5.11 Å². The van der Waals surface area contributed by atoms with Gasteiger partial charge in [-0.1, -0.05) is 47.7 Å². The van der Waals surface area contributed by atoms with Crippen LogP contribution in [-0.2, 0) is 5.75 Å². The highest BCUT2D eigenvalue weighted by molar-refractivity contribution is 9.10. The lowest BCUT2D eigenvalue weighted by atomic mass is 10.2. The molecule has 28 heavy (non-hydrogen) atoms. The lowest BCUT2D eigenvalue weighted by Crippen LogP contribution is -2.15. The number of aromatic carboxylic acids is 1. The third-order valence-electron chi connectivity index (χ3n) is 3.79.